The van der Waals surface area contributed by atoms with Crippen molar-refractivity contribution in [3.05, 3.63) is 58.6 Å². The molecule has 3 aromatic rings. The number of aliphatic hydroxyl groups is 1. The Bertz CT molecular complexity index is 1120. The highest BCUT2D eigenvalue weighted by Crippen LogP contribution is 2.24. The van der Waals surface area contributed by atoms with Gasteiger partial charge < -0.3 is 19.0 Å². The number of rotatable bonds is 4. The summed E-state index contributed by atoms with van der Waals surface area (Å²) >= 11 is 0. The number of aliphatic hydroxyl groups excluding tert-OH is 1. The number of hydrogen-bond donors (Lipinski definition) is 1. The maximum Gasteiger partial charge on any atom is 0.419 e. The van der Waals surface area contributed by atoms with Crippen molar-refractivity contribution in [2.75, 3.05) is 46.6 Å². The third-order valence-corrected chi connectivity index (χ3v) is 6.00. The van der Waals surface area contributed by atoms with E-state index in [1.165, 1.54) is 17.5 Å². The van der Waals surface area contributed by atoms with E-state index in [2.05, 4.69) is 11.0 Å². The molecule has 0 radical (unpaired) electrons. The highest BCUT2D eigenvalue weighted by Gasteiger charge is 2.26. The summed E-state index contributed by atoms with van der Waals surface area (Å²) in [6.45, 7) is 5.97. The molecule has 34 heavy (non-hydrogen) atoms. The Balaban J connectivity index is 0.000000209. The molecule has 0 bridgehead atoms. The van der Waals surface area contributed by atoms with Crippen LogP contribution in [0.3, 0.4) is 0 Å². The van der Waals surface area contributed by atoms with Crippen LogP contribution in [0.15, 0.2) is 51.7 Å². The van der Waals surface area contributed by atoms with E-state index in [9.17, 15) is 4.79 Å². The van der Waals surface area contributed by atoms with Crippen LogP contribution in [0.25, 0.3) is 22.2 Å². The van der Waals surface area contributed by atoms with Crippen LogP contribution in [0.4, 0.5) is 0 Å². The van der Waals surface area contributed by atoms with Crippen LogP contribution >= 0.6 is 0 Å². The van der Waals surface area contributed by atoms with Gasteiger partial charge in [-0.2, -0.15) is 5.26 Å². The monoisotopic (exact) mass is 467 g/mol. The second kappa shape index (κ2) is 13.1. The first-order valence-corrected chi connectivity index (χ1v) is 11.6. The molecule has 8 nitrogen and oxygen atoms in total. The molecule has 0 spiro atoms. The van der Waals surface area contributed by atoms with Crippen molar-refractivity contribution in [1.29, 1.82) is 5.26 Å². The maximum atomic E-state index is 11.5. The average Bonchev–Trinajstić information content (AvgIpc) is 3.00. The summed E-state index contributed by atoms with van der Waals surface area (Å²) in [5, 5.41) is 15.6. The third-order valence-electron chi connectivity index (χ3n) is 6.00. The van der Waals surface area contributed by atoms with Crippen LogP contribution in [-0.4, -0.2) is 67.2 Å². The van der Waals surface area contributed by atoms with Crippen molar-refractivity contribution in [3.8, 4) is 17.2 Å². The second-order valence-corrected chi connectivity index (χ2v) is 8.16. The van der Waals surface area contributed by atoms with Gasteiger partial charge in [0.2, 0.25) is 0 Å². The highest BCUT2D eigenvalue weighted by atomic mass is 16.5. The van der Waals surface area contributed by atoms with Gasteiger partial charge in [-0.15, -0.1) is 0 Å². The second-order valence-electron chi connectivity index (χ2n) is 8.16. The molecule has 1 N–H and O–H groups in total. The zero-order valence-electron chi connectivity index (χ0n) is 19.9. The lowest BCUT2D eigenvalue weighted by atomic mass is 10.0. The van der Waals surface area contributed by atoms with Crippen molar-refractivity contribution in [2.24, 2.45) is 7.05 Å². The number of nitrogens with zero attached hydrogens (tertiary/aromatic N) is 3. The van der Waals surface area contributed by atoms with Gasteiger partial charge in [0.15, 0.2) is 5.58 Å². The van der Waals surface area contributed by atoms with E-state index < -0.39 is 0 Å². The number of aryl methyl sites for hydroxylation is 2. The van der Waals surface area contributed by atoms with E-state index in [0.29, 0.717) is 18.0 Å². The highest BCUT2D eigenvalue weighted by molar-refractivity contribution is 5.80. The van der Waals surface area contributed by atoms with Crippen LogP contribution in [0, 0.1) is 11.3 Å². The number of benzene rings is 2. The molecule has 2 aliphatic heterocycles. The van der Waals surface area contributed by atoms with Crippen LogP contribution < -0.4 is 5.76 Å². The minimum atomic E-state index is -0.353. The quantitative estimate of drug-likeness (QED) is 0.629. The van der Waals surface area contributed by atoms with Gasteiger partial charge in [-0.1, -0.05) is 30.3 Å². The molecule has 0 unspecified atom stereocenters. The number of hydrogen-bond acceptors (Lipinski definition) is 7. The van der Waals surface area contributed by atoms with Gasteiger partial charge in [-0.3, -0.25) is 9.47 Å². The molecule has 2 aromatic carbocycles. The molecule has 0 atom stereocenters. The third kappa shape index (κ3) is 6.55. The largest absolute Gasteiger partial charge is 0.419 e. The average molecular weight is 468 g/mol. The molecule has 182 valence electrons. The number of aromatic nitrogens is 1. The van der Waals surface area contributed by atoms with Gasteiger partial charge in [-0.05, 0) is 41.7 Å². The van der Waals surface area contributed by atoms with E-state index in [1.54, 1.807) is 7.05 Å². The standard InChI is InChI=1S/C17H14N2O2.C8H15NO2.CH4O/c1-19-15-11-14(8-9-16(15)21-17(19)20)13-6-4-12(5-7-13)3-2-10-18;1-2-9(3-5-10-4-1)8-6-11-7-8;1-2/h4-9,11H,2-3H2,1H3;8H,1-7H2;2H,1H3. The van der Waals surface area contributed by atoms with Gasteiger partial charge in [0.1, 0.15) is 0 Å². The summed E-state index contributed by atoms with van der Waals surface area (Å²) in [4.78, 5) is 14.0. The van der Waals surface area contributed by atoms with Crippen LogP contribution in [0.1, 0.15) is 18.4 Å². The fourth-order valence-electron chi connectivity index (χ4n) is 3.93. The van der Waals surface area contributed by atoms with E-state index in [4.69, 9.17) is 24.3 Å². The van der Waals surface area contributed by atoms with E-state index in [1.807, 2.05) is 42.5 Å². The molecule has 2 saturated heterocycles. The summed E-state index contributed by atoms with van der Waals surface area (Å²) < 4.78 is 17.1. The van der Waals surface area contributed by atoms with Crippen LogP contribution in [0.2, 0.25) is 0 Å². The molecule has 2 fully saturated rings. The smallest absolute Gasteiger partial charge is 0.408 e. The number of nitriles is 1. The van der Waals surface area contributed by atoms with Crippen LogP contribution in [-0.2, 0) is 22.9 Å². The molecular weight excluding hydrogens is 434 g/mol. The van der Waals surface area contributed by atoms with Gasteiger partial charge in [0, 0.05) is 40.3 Å². The van der Waals surface area contributed by atoms with E-state index in [0.717, 1.165) is 68.7 Å². The van der Waals surface area contributed by atoms with Crippen molar-refractivity contribution in [3.63, 3.8) is 0 Å². The van der Waals surface area contributed by atoms with Crippen molar-refractivity contribution in [1.82, 2.24) is 9.47 Å². The SMILES string of the molecule is C1COCCN(C2COC2)C1.CO.Cn1c(=O)oc2ccc(-c3ccc(CCC#N)cc3)cc21. The van der Waals surface area contributed by atoms with Crippen LogP contribution in [0.5, 0.6) is 0 Å². The number of fused-ring (bicyclic) bond motifs is 1. The lowest BCUT2D eigenvalue weighted by Gasteiger charge is -2.36. The Morgan fingerprint density at radius 2 is 1.76 bits per heavy atom. The fourth-order valence-corrected chi connectivity index (χ4v) is 3.93. The first-order valence-electron chi connectivity index (χ1n) is 11.6. The van der Waals surface area contributed by atoms with Gasteiger partial charge in [0.05, 0.1) is 37.4 Å². The molecule has 0 aliphatic carbocycles. The predicted octanol–water partition coefficient (Wildman–Crippen LogP) is 2.97. The molecule has 5 rings (SSSR count). The molecule has 0 amide bonds. The fraction of sp³-hybridized carbons (Fsp3) is 0.462. The summed E-state index contributed by atoms with van der Waals surface area (Å²) in [7, 11) is 2.70. The Morgan fingerprint density at radius 3 is 2.44 bits per heavy atom. The lowest BCUT2D eigenvalue weighted by Crippen LogP contribution is -2.49. The maximum absolute atomic E-state index is 11.5. The first-order chi connectivity index (χ1) is 16.7. The normalized spacial score (nSPS) is 16.3. The Kier molecular flexibility index (Phi) is 9.86. The Morgan fingerprint density at radius 1 is 1.03 bits per heavy atom. The molecule has 3 heterocycles. The summed E-state index contributed by atoms with van der Waals surface area (Å²) in [6.07, 6.45) is 2.48. The Labute approximate surface area is 199 Å². The Hall–Kier alpha value is -2.96. The van der Waals surface area contributed by atoms with Gasteiger partial charge >= 0.3 is 5.76 Å². The summed E-state index contributed by atoms with van der Waals surface area (Å²) in [6, 6.07) is 16.7. The zero-order chi connectivity index (χ0) is 24.3. The minimum absolute atomic E-state index is 0.353. The molecule has 8 heteroatoms. The van der Waals surface area contributed by atoms with Crippen molar-refractivity contribution >= 4 is 11.1 Å². The van der Waals surface area contributed by atoms with E-state index >= 15 is 0 Å². The van der Waals surface area contributed by atoms with Crippen molar-refractivity contribution < 1.29 is 19.0 Å². The van der Waals surface area contributed by atoms with Gasteiger partial charge in [-0.25, -0.2) is 4.79 Å². The van der Waals surface area contributed by atoms with E-state index in [-0.39, 0.29) is 5.76 Å². The lowest BCUT2D eigenvalue weighted by molar-refractivity contribution is -0.0645. The molecule has 2 aliphatic rings. The number of oxazole rings is 1. The van der Waals surface area contributed by atoms with Gasteiger partial charge in [0.25, 0.3) is 0 Å². The molecular formula is C26H33N3O5. The minimum Gasteiger partial charge on any atom is -0.408 e. The zero-order valence-corrected chi connectivity index (χ0v) is 19.9. The summed E-state index contributed by atoms with van der Waals surface area (Å²) in [5.74, 6) is -0.353. The topological polar surface area (TPSA) is 101 Å². The first kappa shape index (κ1) is 25.7. The van der Waals surface area contributed by atoms with Crippen molar-refractivity contribution in [2.45, 2.75) is 25.3 Å². The number of ether oxygens (including phenoxy) is 2. The predicted molar refractivity (Wildman–Crippen MR) is 131 cm³/mol. The summed E-state index contributed by atoms with van der Waals surface area (Å²) in [5.41, 5.74) is 4.64. The molecule has 1 aromatic heterocycles. The molecule has 0 saturated carbocycles.